The number of thioether (sulfide) groups is 1. The van der Waals surface area contributed by atoms with Crippen molar-refractivity contribution in [3.63, 3.8) is 0 Å². The van der Waals surface area contributed by atoms with Crippen LogP contribution >= 0.6 is 11.8 Å². The van der Waals surface area contributed by atoms with Crippen LogP contribution in [0.2, 0.25) is 0 Å². The lowest BCUT2D eigenvalue weighted by atomic mass is 10.0. The Kier molecular flexibility index (Phi) is 2.86. The van der Waals surface area contributed by atoms with Crippen molar-refractivity contribution in [1.82, 2.24) is 4.98 Å². The molecule has 3 heteroatoms. The van der Waals surface area contributed by atoms with Crippen molar-refractivity contribution in [2.45, 2.75) is 24.1 Å². The molecule has 1 aliphatic heterocycles. The third-order valence-electron chi connectivity index (χ3n) is 2.43. The Morgan fingerprint density at radius 3 is 3.15 bits per heavy atom. The lowest BCUT2D eigenvalue weighted by Crippen LogP contribution is -2.21. The van der Waals surface area contributed by atoms with Gasteiger partial charge in [0, 0.05) is 23.7 Å². The molecular formula is C10H14N2S. The predicted octanol–water partition coefficient (Wildman–Crippen LogP) is 1.98. The molecule has 1 aliphatic rings. The molecule has 2 nitrogen and oxygen atoms in total. The second-order valence-electron chi connectivity index (χ2n) is 3.36. The molecule has 0 bridgehead atoms. The molecule has 1 saturated heterocycles. The van der Waals surface area contributed by atoms with Crippen LogP contribution in [0, 0.1) is 0 Å². The van der Waals surface area contributed by atoms with Crippen LogP contribution in [0.5, 0.6) is 0 Å². The van der Waals surface area contributed by atoms with E-state index < -0.39 is 0 Å². The topological polar surface area (TPSA) is 38.9 Å². The molecule has 1 fully saturated rings. The Morgan fingerprint density at radius 1 is 1.62 bits per heavy atom. The van der Waals surface area contributed by atoms with Gasteiger partial charge < -0.3 is 5.73 Å². The third-order valence-corrected chi connectivity index (χ3v) is 3.92. The highest BCUT2D eigenvalue weighted by atomic mass is 32.2. The minimum atomic E-state index is 0.168. The van der Waals surface area contributed by atoms with Gasteiger partial charge in [0.05, 0.1) is 0 Å². The minimum absolute atomic E-state index is 0.168. The van der Waals surface area contributed by atoms with Crippen molar-refractivity contribution in [2.24, 2.45) is 5.73 Å². The van der Waals surface area contributed by atoms with Crippen molar-refractivity contribution in [2.75, 3.05) is 5.75 Å². The van der Waals surface area contributed by atoms with E-state index in [4.69, 9.17) is 5.73 Å². The van der Waals surface area contributed by atoms with Crippen LogP contribution in [0.25, 0.3) is 0 Å². The van der Waals surface area contributed by atoms with Crippen molar-refractivity contribution in [3.8, 4) is 0 Å². The van der Waals surface area contributed by atoms with E-state index in [-0.39, 0.29) is 6.04 Å². The number of pyridine rings is 1. The van der Waals surface area contributed by atoms with Gasteiger partial charge >= 0.3 is 0 Å². The SMILES string of the molecule is NC(c1cccnc1)C1CCCS1. The molecule has 70 valence electrons. The number of nitrogens with two attached hydrogens (primary N) is 1. The van der Waals surface area contributed by atoms with Gasteiger partial charge in [0.1, 0.15) is 0 Å². The molecule has 0 saturated carbocycles. The summed E-state index contributed by atoms with van der Waals surface area (Å²) in [5, 5.41) is 0.601. The highest BCUT2D eigenvalue weighted by Crippen LogP contribution is 2.34. The first-order chi connectivity index (χ1) is 6.38. The summed E-state index contributed by atoms with van der Waals surface area (Å²) in [6.07, 6.45) is 6.23. The number of aromatic nitrogens is 1. The van der Waals surface area contributed by atoms with Gasteiger partial charge in [0.2, 0.25) is 0 Å². The summed E-state index contributed by atoms with van der Waals surface area (Å²) in [4.78, 5) is 4.09. The van der Waals surface area contributed by atoms with E-state index in [1.807, 2.05) is 24.0 Å². The van der Waals surface area contributed by atoms with E-state index in [1.54, 1.807) is 6.20 Å². The van der Waals surface area contributed by atoms with Crippen molar-refractivity contribution in [1.29, 1.82) is 0 Å². The Labute approximate surface area is 82.9 Å². The van der Waals surface area contributed by atoms with Gasteiger partial charge in [-0.05, 0) is 30.2 Å². The summed E-state index contributed by atoms with van der Waals surface area (Å²) in [5.74, 6) is 1.26. The largest absolute Gasteiger partial charge is 0.323 e. The zero-order valence-corrected chi connectivity index (χ0v) is 8.33. The molecule has 1 aromatic rings. The van der Waals surface area contributed by atoms with E-state index in [2.05, 4.69) is 11.1 Å². The van der Waals surface area contributed by atoms with Gasteiger partial charge in [-0.2, -0.15) is 11.8 Å². The Hall–Kier alpha value is -0.540. The van der Waals surface area contributed by atoms with Crippen molar-refractivity contribution < 1.29 is 0 Å². The van der Waals surface area contributed by atoms with E-state index in [0.29, 0.717) is 5.25 Å². The average Bonchev–Trinajstić information content (AvgIpc) is 2.71. The van der Waals surface area contributed by atoms with Crippen LogP contribution in [-0.2, 0) is 0 Å². The first-order valence-electron chi connectivity index (χ1n) is 4.65. The minimum Gasteiger partial charge on any atom is -0.323 e. The Bertz CT molecular complexity index is 257. The highest BCUT2D eigenvalue weighted by Gasteiger charge is 2.23. The van der Waals surface area contributed by atoms with Crippen LogP contribution < -0.4 is 5.73 Å². The maximum Gasteiger partial charge on any atom is 0.0430 e. The van der Waals surface area contributed by atoms with E-state index in [0.717, 1.165) is 0 Å². The monoisotopic (exact) mass is 194 g/mol. The van der Waals surface area contributed by atoms with Gasteiger partial charge in [-0.25, -0.2) is 0 Å². The number of nitrogens with zero attached hydrogens (tertiary/aromatic N) is 1. The summed E-state index contributed by atoms with van der Waals surface area (Å²) in [6.45, 7) is 0. The standard InChI is InChI=1S/C10H14N2S/c11-10(9-4-2-6-13-9)8-3-1-5-12-7-8/h1,3,5,7,9-10H,2,4,6,11H2. The zero-order valence-electron chi connectivity index (χ0n) is 7.52. The van der Waals surface area contributed by atoms with Gasteiger partial charge in [-0.1, -0.05) is 6.07 Å². The zero-order chi connectivity index (χ0) is 9.10. The highest BCUT2D eigenvalue weighted by molar-refractivity contribution is 8.00. The predicted molar refractivity (Wildman–Crippen MR) is 56.6 cm³/mol. The fourth-order valence-electron chi connectivity index (χ4n) is 1.67. The summed E-state index contributed by atoms with van der Waals surface area (Å²) in [7, 11) is 0. The van der Waals surface area contributed by atoms with E-state index >= 15 is 0 Å². The molecule has 0 aromatic carbocycles. The summed E-state index contributed by atoms with van der Waals surface area (Å²) in [6, 6.07) is 4.19. The quantitative estimate of drug-likeness (QED) is 0.782. The van der Waals surface area contributed by atoms with E-state index in [1.165, 1.54) is 24.2 Å². The van der Waals surface area contributed by atoms with Crippen LogP contribution in [0.4, 0.5) is 0 Å². The maximum atomic E-state index is 6.14. The van der Waals surface area contributed by atoms with Gasteiger partial charge in [0.15, 0.2) is 0 Å². The molecule has 13 heavy (non-hydrogen) atoms. The summed E-state index contributed by atoms with van der Waals surface area (Å²) in [5.41, 5.74) is 7.31. The van der Waals surface area contributed by atoms with Gasteiger partial charge in [-0.15, -0.1) is 0 Å². The molecule has 2 heterocycles. The van der Waals surface area contributed by atoms with Crippen molar-refractivity contribution in [3.05, 3.63) is 30.1 Å². The van der Waals surface area contributed by atoms with Crippen LogP contribution in [0.1, 0.15) is 24.4 Å². The number of hydrogen-bond donors (Lipinski definition) is 1. The molecule has 0 aliphatic carbocycles. The second-order valence-corrected chi connectivity index (χ2v) is 4.71. The lowest BCUT2D eigenvalue weighted by Gasteiger charge is -2.17. The molecule has 2 rings (SSSR count). The normalized spacial score (nSPS) is 24.5. The smallest absolute Gasteiger partial charge is 0.0430 e. The molecule has 2 unspecified atom stereocenters. The van der Waals surface area contributed by atoms with Gasteiger partial charge in [0.25, 0.3) is 0 Å². The third kappa shape index (κ3) is 2.03. The van der Waals surface area contributed by atoms with Crippen LogP contribution in [-0.4, -0.2) is 16.0 Å². The van der Waals surface area contributed by atoms with E-state index in [9.17, 15) is 0 Å². The molecule has 0 amide bonds. The molecule has 2 atom stereocenters. The number of hydrogen-bond acceptors (Lipinski definition) is 3. The van der Waals surface area contributed by atoms with Gasteiger partial charge in [-0.3, -0.25) is 4.98 Å². The summed E-state index contributed by atoms with van der Waals surface area (Å²) >= 11 is 1.99. The maximum absolute atomic E-state index is 6.14. The molecular weight excluding hydrogens is 180 g/mol. The van der Waals surface area contributed by atoms with Crippen LogP contribution in [0.15, 0.2) is 24.5 Å². The second kappa shape index (κ2) is 4.11. The number of rotatable bonds is 2. The Morgan fingerprint density at radius 2 is 2.54 bits per heavy atom. The average molecular weight is 194 g/mol. The van der Waals surface area contributed by atoms with Crippen molar-refractivity contribution >= 4 is 11.8 Å². The molecule has 0 radical (unpaired) electrons. The Balaban J connectivity index is 2.08. The summed E-state index contributed by atoms with van der Waals surface area (Å²) < 4.78 is 0. The molecule has 0 spiro atoms. The molecule has 2 N–H and O–H groups in total. The molecule has 1 aromatic heterocycles. The fraction of sp³-hybridized carbons (Fsp3) is 0.500. The first kappa shape index (κ1) is 9.03. The fourth-order valence-corrected chi connectivity index (χ4v) is 3.01. The van der Waals surface area contributed by atoms with Crippen LogP contribution in [0.3, 0.4) is 0 Å². The lowest BCUT2D eigenvalue weighted by molar-refractivity contribution is 0.643. The first-order valence-corrected chi connectivity index (χ1v) is 5.70.